The smallest absolute Gasteiger partial charge is 0.438 e. The van der Waals surface area contributed by atoms with Crippen LogP contribution in [0.2, 0.25) is 0 Å². The summed E-state index contributed by atoms with van der Waals surface area (Å²) in [6, 6.07) is 0. The van der Waals surface area contributed by atoms with Crippen molar-refractivity contribution in [1.82, 2.24) is 0 Å². The number of methoxy groups -OCH3 is 1. The number of hydrogen-bond donors (Lipinski definition) is 1. The summed E-state index contributed by atoms with van der Waals surface area (Å²) in [6.45, 7) is -1.67. The fourth-order valence-corrected chi connectivity index (χ4v) is 3.96. The summed E-state index contributed by atoms with van der Waals surface area (Å²) in [6.07, 6.45) is 19.2. The highest BCUT2D eigenvalue weighted by Gasteiger charge is 2.21. The lowest BCUT2D eigenvalue weighted by atomic mass is 10.0. The van der Waals surface area contributed by atoms with Gasteiger partial charge in [-0.25, -0.2) is 9.36 Å². The highest BCUT2D eigenvalue weighted by molar-refractivity contribution is 7.80. The van der Waals surface area contributed by atoms with Crippen LogP contribution in [0.1, 0.15) is 110 Å². The average molecular weight is 501 g/mol. The summed E-state index contributed by atoms with van der Waals surface area (Å²) >= 11 is 5.14. The maximum atomic E-state index is 11.2. The normalized spacial score (nSPS) is 14.1. The largest absolute Gasteiger partial charge is 0.508 e. The fraction of sp³-hybridized carbons (Fsp3) is 0.957. The first kappa shape index (κ1) is 31.7. The molecule has 1 N–H and O–H groups in total. The molecule has 2 unspecified atom stereocenters. The van der Waals surface area contributed by atoms with Crippen LogP contribution < -0.4 is 0 Å². The summed E-state index contributed by atoms with van der Waals surface area (Å²) in [7, 11) is 1.18. The van der Waals surface area contributed by atoms with E-state index in [1.807, 2.05) is 0 Å². The summed E-state index contributed by atoms with van der Waals surface area (Å²) in [5.41, 5.74) is 0. The van der Waals surface area contributed by atoms with Crippen LogP contribution in [0.3, 0.4) is 0 Å². The Bertz CT molecular complexity index is 473. The van der Waals surface area contributed by atoms with E-state index >= 15 is 0 Å². The van der Waals surface area contributed by atoms with E-state index in [9.17, 15) is 9.36 Å². The van der Waals surface area contributed by atoms with Gasteiger partial charge in [-0.3, -0.25) is 4.52 Å². The van der Waals surface area contributed by atoms with Crippen molar-refractivity contribution in [3.05, 3.63) is 0 Å². The van der Waals surface area contributed by atoms with E-state index in [-0.39, 0.29) is 13.2 Å². The number of rotatable bonds is 23. The van der Waals surface area contributed by atoms with Crippen molar-refractivity contribution in [3.63, 3.8) is 0 Å². The molecule has 2 atom stereocenters. The Kier molecular flexibility index (Phi) is 22.2. The summed E-state index contributed by atoms with van der Waals surface area (Å²) in [5.74, 6) is 0. The number of unbranched alkanes of at least 4 members (excludes halogenated alkanes) is 15. The number of ether oxygens (including phenoxy) is 3. The number of hydrogen-bond acceptors (Lipinski definition) is 6. The Labute approximate surface area is 200 Å². The monoisotopic (exact) mass is 500 g/mol. The predicted octanol–water partition coefficient (Wildman–Crippen LogP) is 7.77. The highest BCUT2D eigenvalue weighted by Crippen LogP contribution is 2.47. The standard InChI is InChI=1S/C23H46ClO7P/c1-3-4-5-6-7-8-9-10-11-12-13-14-15-16-17-18-19-29-20-22(31-23(25)28-2)21-30-32(24,26)27/h22H,3-21H2,1-2H3,(H,26,27). The molecular formula is C23H46ClO7P. The van der Waals surface area contributed by atoms with Gasteiger partial charge in [0.1, 0.15) is 0 Å². The van der Waals surface area contributed by atoms with E-state index < -0.39 is 19.2 Å². The van der Waals surface area contributed by atoms with E-state index in [4.69, 9.17) is 25.6 Å². The second-order valence-corrected chi connectivity index (χ2v) is 10.8. The summed E-state index contributed by atoms with van der Waals surface area (Å²) < 4.78 is 30.4. The molecule has 0 amide bonds. The zero-order valence-corrected chi connectivity index (χ0v) is 21.9. The Morgan fingerprint density at radius 3 is 1.66 bits per heavy atom. The Morgan fingerprint density at radius 1 is 0.812 bits per heavy atom. The van der Waals surface area contributed by atoms with Crippen LogP contribution in [0, 0.1) is 0 Å². The van der Waals surface area contributed by atoms with Gasteiger partial charge in [0.05, 0.1) is 20.3 Å². The summed E-state index contributed by atoms with van der Waals surface area (Å²) in [5, 5.41) is 0. The number of halogens is 1. The van der Waals surface area contributed by atoms with Crippen LogP contribution in [0.4, 0.5) is 4.79 Å². The molecule has 0 saturated heterocycles. The third-order valence-corrected chi connectivity index (χ3v) is 6.06. The van der Waals surface area contributed by atoms with E-state index in [1.165, 1.54) is 97.0 Å². The molecular weight excluding hydrogens is 455 g/mol. The van der Waals surface area contributed by atoms with E-state index in [0.717, 1.165) is 12.8 Å². The van der Waals surface area contributed by atoms with Gasteiger partial charge in [0, 0.05) is 17.8 Å². The molecule has 0 spiro atoms. The number of carbonyl (C=O) groups excluding carboxylic acids is 1. The van der Waals surface area contributed by atoms with Crippen LogP contribution in [-0.4, -0.2) is 44.1 Å². The second-order valence-electron chi connectivity index (χ2n) is 8.32. The van der Waals surface area contributed by atoms with Crippen LogP contribution in [0.15, 0.2) is 0 Å². The van der Waals surface area contributed by atoms with Crippen LogP contribution >= 0.6 is 18.2 Å². The van der Waals surface area contributed by atoms with Crippen LogP contribution in [0.25, 0.3) is 0 Å². The molecule has 0 saturated carbocycles. The number of carbonyl (C=O) groups is 1. The minimum atomic E-state index is -4.17. The lowest BCUT2D eigenvalue weighted by Gasteiger charge is -2.17. The molecule has 0 aromatic carbocycles. The van der Waals surface area contributed by atoms with Gasteiger partial charge in [-0.15, -0.1) is 0 Å². The Balaban J connectivity index is 3.48. The van der Waals surface area contributed by atoms with E-state index in [2.05, 4.69) is 16.2 Å². The quantitative estimate of drug-likeness (QED) is 0.0869. The summed E-state index contributed by atoms with van der Waals surface area (Å²) in [4.78, 5) is 20.2. The lowest BCUT2D eigenvalue weighted by Crippen LogP contribution is -2.28. The molecule has 0 rings (SSSR count). The molecule has 7 nitrogen and oxygen atoms in total. The SMILES string of the molecule is CCCCCCCCCCCCCCCCCCOCC(COP(=O)(O)Cl)OC(=O)OC. The van der Waals surface area contributed by atoms with Crippen LogP contribution in [0.5, 0.6) is 0 Å². The fourth-order valence-electron chi connectivity index (χ4n) is 3.44. The van der Waals surface area contributed by atoms with Crippen molar-refractivity contribution in [2.45, 2.75) is 116 Å². The molecule has 0 aromatic rings. The molecule has 0 aromatic heterocycles. The maximum Gasteiger partial charge on any atom is 0.508 e. The third kappa shape index (κ3) is 24.3. The van der Waals surface area contributed by atoms with Gasteiger partial charge in [0.2, 0.25) is 0 Å². The predicted molar refractivity (Wildman–Crippen MR) is 129 cm³/mol. The molecule has 0 radical (unpaired) electrons. The van der Waals surface area contributed by atoms with Crippen molar-refractivity contribution in [3.8, 4) is 0 Å². The molecule has 0 bridgehead atoms. The molecule has 0 aliphatic carbocycles. The van der Waals surface area contributed by atoms with Gasteiger partial charge < -0.3 is 19.1 Å². The molecule has 0 heterocycles. The maximum absolute atomic E-state index is 11.2. The first-order valence-corrected chi connectivity index (χ1v) is 14.9. The third-order valence-electron chi connectivity index (χ3n) is 5.30. The van der Waals surface area contributed by atoms with Gasteiger partial charge in [-0.05, 0) is 6.42 Å². The zero-order chi connectivity index (χ0) is 23.9. The van der Waals surface area contributed by atoms with Gasteiger partial charge in [0.15, 0.2) is 6.10 Å². The van der Waals surface area contributed by atoms with Crippen LogP contribution in [-0.2, 0) is 23.3 Å². The Hall–Kier alpha value is -0.330. The molecule has 0 aliphatic rings. The first-order valence-electron chi connectivity index (χ1n) is 12.4. The topological polar surface area (TPSA) is 91.3 Å². The lowest BCUT2D eigenvalue weighted by molar-refractivity contribution is -0.0276. The van der Waals surface area contributed by atoms with Crippen molar-refractivity contribution in [2.75, 3.05) is 26.9 Å². The highest BCUT2D eigenvalue weighted by atomic mass is 35.7. The zero-order valence-electron chi connectivity index (χ0n) is 20.2. The molecule has 0 aliphatic heterocycles. The van der Waals surface area contributed by atoms with Gasteiger partial charge in [-0.1, -0.05) is 103 Å². The van der Waals surface area contributed by atoms with Gasteiger partial charge >= 0.3 is 13.1 Å². The van der Waals surface area contributed by atoms with Gasteiger partial charge in [-0.2, -0.15) is 0 Å². The van der Waals surface area contributed by atoms with Crippen molar-refractivity contribution >= 4 is 24.3 Å². The van der Waals surface area contributed by atoms with Gasteiger partial charge in [0.25, 0.3) is 0 Å². The van der Waals surface area contributed by atoms with Crippen molar-refractivity contribution < 1.29 is 33.0 Å². The van der Waals surface area contributed by atoms with Crippen molar-refractivity contribution in [2.24, 2.45) is 0 Å². The molecule has 192 valence electrons. The minimum absolute atomic E-state index is 0.0464. The second kappa shape index (κ2) is 22.5. The minimum Gasteiger partial charge on any atom is -0.438 e. The molecule has 32 heavy (non-hydrogen) atoms. The average Bonchev–Trinajstić information content (AvgIpc) is 2.75. The first-order chi connectivity index (χ1) is 15.4. The molecule has 0 fully saturated rings. The Morgan fingerprint density at radius 2 is 1.25 bits per heavy atom. The molecule has 9 heteroatoms. The van der Waals surface area contributed by atoms with E-state index in [1.54, 1.807) is 0 Å². The van der Waals surface area contributed by atoms with E-state index in [0.29, 0.717) is 6.61 Å². The van der Waals surface area contributed by atoms with Crippen molar-refractivity contribution in [1.29, 1.82) is 0 Å².